The molecule has 0 bridgehead atoms. The lowest BCUT2D eigenvalue weighted by atomic mass is 10.2. The summed E-state index contributed by atoms with van der Waals surface area (Å²) in [6, 6.07) is 7.70. The zero-order chi connectivity index (χ0) is 19.9. The molecule has 1 aromatic heterocycles. The molecule has 1 aromatic carbocycles. The fraction of sp³-hybridized carbons (Fsp3) is 0.450. The van der Waals surface area contributed by atoms with Gasteiger partial charge in [-0.2, -0.15) is 0 Å². The lowest BCUT2D eigenvalue weighted by molar-refractivity contribution is -0.146. The van der Waals surface area contributed by atoms with Crippen LogP contribution in [0.5, 0.6) is 0 Å². The topological polar surface area (TPSA) is 62.7 Å². The number of hydrogen-bond acceptors (Lipinski definition) is 6. The smallest absolute Gasteiger partial charge is 0.306 e. The van der Waals surface area contributed by atoms with Gasteiger partial charge < -0.3 is 9.64 Å². The fourth-order valence-corrected chi connectivity index (χ4v) is 4.03. The van der Waals surface area contributed by atoms with Crippen molar-refractivity contribution in [2.45, 2.75) is 26.3 Å². The van der Waals surface area contributed by atoms with E-state index in [1.807, 2.05) is 29.2 Å². The van der Waals surface area contributed by atoms with Crippen molar-refractivity contribution in [2.75, 3.05) is 32.8 Å². The van der Waals surface area contributed by atoms with Crippen molar-refractivity contribution in [3.8, 4) is 10.6 Å². The molecule has 1 amide bonds. The third kappa shape index (κ3) is 5.77. The van der Waals surface area contributed by atoms with Crippen LogP contribution in [0.3, 0.4) is 0 Å². The summed E-state index contributed by atoms with van der Waals surface area (Å²) >= 11 is 7.57. The van der Waals surface area contributed by atoms with Gasteiger partial charge in [0.05, 0.1) is 18.7 Å². The van der Waals surface area contributed by atoms with E-state index in [0.717, 1.165) is 40.9 Å². The summed E-state index contributed by atoms with van der Waals surface area (Å²) < 4.78 is 4.87. The summed E-state index contributed by atoms with van der Waals surface area (Å²) in [6.07, 6.45) is 0.370. The Morgan fingerprint density at radius 2 is 1.86 bits per heavy atom. The molecule has 150 valence electrons. The molecule has 0 unspecified atom stereocenters. The highest BCUT2D eigenvalue weighted by Gasteiger charge is 2.22. The first-order valence-corrected chi connectivity index (χ1v) is 10.7. The lowest BCUT2D eigenvalue weighted by Gasteiger charge is -2.34. The number of ether oxygens (including phenoxy) is 1. The number of nitrogens with zero attached hydrogens (tertiary/aromatic N) is 3. The Kier molecular flexibility index (Phi) is 7.42. The van der Waals surface area contributed by atoms with Crippen molar-refractivity contribution in [2.24, 2.45) is 0 Å². The minimum Gasteiger partial charge on any atom is -0.466 e. The van der Waals surface area contributed by atoms with Crippen LogP contribution in [0, 0.1) is 0 Å². The van der Waals surface area contributed by atoms with Crippen molar-refractivity contribution < 1.29 is 14.3 Å². The second kappa shape index (κ2) is 10.0. The standard InChI is InChI=1S/C20H24ClN3O3S/c1-2-27-19(26)8-7-18(25)24-11-9-23(10-12-24)13-17-14-28-20(22-17)15-3-5-16(21)6-4-15/h3-6,14H,2,7-13H2,1H3. The minimum atomic E-state index is -0.311. The Morgan fingerprint density at radius 3 is 2.54 bits per heavy atom. The van der Waals surface area contributed by atoms with Crippen molar-refractivity contribution in [3.63, 3.8) is 0 Å². The number of hydrogen-bond donors (Lipinski definition) is 0. The highest BCUT2D eigenvalue weighted by Crippen LogP contribution is 2.25. The van der Waals surface area contributed by atoms with E-state index < -0.39 is 0 Å². The predicted molar refractivity (Wildman–Crippen MR) is 110 cm³/mol. The van der Waals surface area contributed by atoms with Gasteiger partial charge in [0.2, 0.25) is 5.91 Å². The zero-order valence-corrected chi connectivity index (χ0v) is 17.5. The number of aromatic nitrogens is 1. The molecule has 1 aliphatic heterocycles. The highest BCUT2D eigenvalue weighted by molar-refractivity contribution is 7.13. The largest absolute Gasteiger partial charge is 0.466 e. The average molecular weight is 422 g/mol. The van der Waals surface area contributed by atoms with Crippen molar-refractivity contribution in [1.82, 2.24) is 14.8 Å². The summed E-state index contributed by atoms with van der Waals surface area (Å²) in [5.74, 6) is -0.291. The molecule has 8 heteroatoms. The SMILES string of the molecule is CCOC(=O)CCC(=O)N1CCN(Cc2csc(-c3ccc(Cl)cc3)n2)CC1. The molecular weight excluding hydrogens is 398 g/mol. The van der Waals surface area contributed by atoms with Gasteiger partial charge in [-0.25, -0.2) is 4.98 Å². The molecule has 0 aliphatic carbocycles. The molecule has 1 fully saturated rings. The molecule has 0 radical (unpaired) electrons. The van der Waals surface area contributed by atoms with Crippen LogP contribution in [0.1, 0.15) is 25.5 Å². The Hall–Kier alpha value is -1.96. The van der Waals surface area contributed by atoms with E-state index in [9.17, 15) is 9.59 Å². The summed E-state index contributed by atoms with van der Waals surface area (Å²) in [7, 11) is 0. The molecular formula is C20H24ClN3O3S. The molecule has 1 saturated heterocycles. The fourth-order valence-electron chi connectivity index (χ4n) is 3.09. The van der Waals surface area contributed by atoms with Gasteiger partial charge in [0.25, 0.3) is 0 Å². The summed E-state index contributed by atoms with van der Waals surface area (Å²) in [6.45, 7) is 5.85. The molecule has 0 N–H and O–H groups in total. The van der Waals surface area contributed by atoms with E-state index in [2.05, 4.69) is 10.3 Å². The Bertz CT molecular complexity index is 801. The molecule has 1 aliphatic rings. The maximum Gasteiger partial charge on any atom is 0.306 e. The number of amides is 1. The number of thiazole rings is 1. The number of benzene rings is 1. The van der Waals surface area contributed by atoms with Gasteiger partial charge in [-0.15, -0.1) is 11.3 Å². The van der Waals surface area contributed by atoms with Crippen LogP contribution in [0.25, 0.3) is 10.6 Å². The molecule has 6 nitrogen and oxygen atoms in total. The monoisotopic (exact) mass is 421 g/mol. The van der Waals surface area contributed by atoms with Gasteiger partial charge in [-0.05, 0) is 19.1 Å². The third-order valence-corrected chi connectivity index (χ3v) is 5.79. The Labute approximate surface area is 174 Å². The van der Waals surface area contributed by atoms with Crippen LogP contribution >= 0.6 is 22.9 Å². The highest BCUT2D eigenvalue weighted by atomic mass is 35.5. The summed E-state index contributed by atoms with van der Waals surface area (Å²) in [4.78, 5) is 32.5. The molecule has 2 heterocycles. The quantitative estimate of drug-likeness (QED) is 0.641. The van der Waals surface area contributed by atoms with Gasteiger partial charge >= 0.3 is 5.97 Å². The molecule has 28 heavy (non-hydrogen) atoms. The second-order valence-electron chi connectivity index (χ2n) is 6.61. The van der Waals surface area contributed by atoms with E-state index in [0.29, 0.717) is 19.7 Å². The number of esters is 1. The van der Waals surface area contributed by atoms with Crippen LogP contribution in [-0.2, 0) is 20.9 Å². The Morgan fingerprint density at radius 1 is 1.14 bits per heavy atom. The van der Waals surface area contributed by atoms with Gasteiger partial charge in [0, 0.05) is 55.1 Å². The van der Waals surface area contributed by atoms with Gasteiger partial charge in [0.1, 0.15) is 5.01 Å². The molecule has 0 saturated carbocycles. The van der Waals surface area contributed by atoms with E-state index in [1.165, 1.54) is 0 Å². The van der Waals surface area contributed by atoms with Crippen LogP contribution in [0.4, 0.5) is 0 Å². The first-order valence-electron chi connectivity index (χ1n) is 9.41. The summed E-state index contributed by atoms with van der Waals surface area (Å²) in [5, 5.41) is 3.79. The maximum absolute atomic E-state index is 12.2. The van der Waals surface area contributed by atoms with Crippen molar-refractivity contribution in [1.29, 1.82) is 0 Å². The first kappa shape index (κ1) is 20.8. The molecule has 0 spiro atoms. The number of carbonyl (C=O) groups excluding carboxylic acids is 2. The van der Waals surface area contributed by atoms with Gasteiger partial charge in [-0.1, -0.05) is 23.7 Å². The van der Waals surface area contributed by atoms with Gasteiger partial charge in [0.15, 0.2) is 0 Å². The van der Waals surface area contributed by atoms with Crippen LogP contribution in [0.2, 0.25) is 5.02 Å². The van der Waals surface area contributed by atoms with E-state index in [1.54, 1.807) is 18.3 Å². The molecule has 2 aromatic rings. The minimum absolute atomic E-state index is 0.0198. The van der Waals surface area contributed by atoms with E-state index in [-0.39, 0.29) is 24.7 Å². The average Bonchev–Trinajstić information content (AvgIpc) is 3.16. The zero-order valence-electron chi connectivity index (χ0n) is 15.9. The maximum atomic E-state index is 12.2. The van der Waals surface area contributed by atoms with E-state index >= 15 is 0 Å². The van der Waals surface area contributed by atoms with Crippen molar-refractivity contribution in [3.05, 3.63) is 40.4 Å². The third-order valence-electron chi connectivity index (χ3n) is 4.60. The van der Waals surface area contributed by atoms with Crippen LogP contribution < -0.4 is 0 Å². The molecule has 3 rings (SSSR count). The Balaban J connectivity index is 1.45. The number of rotatable bonds is 7. The number of piperazine rings is 1. The molecule has 0 atom stereocenters. The van der Waals surface area contributed by atoms with E-state index in [4.69, 9.17) is 21.3 Å². The lowest BCUT2D eigenvalue weighted by Crippen LogP contribution is -2.48. The normalized spacial score (nSPS) is 14.9. The van der Waals surface area contributed by atoms with Gasteiger partial charge in [-0.3, -0.25) is 14.5 Å². The first-order chi connectivity index (χ1) is 13.5. The predicted octanol–water partition coefficient (Wildman–Crippen LogP) is 3.45. The summed E-state index contributed by atoms with van der Waals surface area (Å²) in [5.41, 5.74) is 2.11. The number of carbonyl (C=O) groups is 2. The van der Waals surface area contributed by atoms with Crippen molar-refractivity contribution >= 4 is 34.8 Å². The number of halogens is 1. The van der Waals surface area contributed by atoms with Crippen LogP contribution in [-0.4, -0.2) is 59.4 Å². The van der Waals surface area contributed by atoms with Crippen LogP contribution in [0.15, 0.2) is 29.6 Å². The second-order valence-corrected chi connectivity index (χ2v) is 7.91.